The molecule has 10 heteroatoms. The number of fused-ring (bicyclic) bond motifs is 1. The number of nitrogens with zero attached hydrogens (tertiary/aromatic N) is 1. The van der Waals surface area contributed by atoms with Gasteiger partial charge < -0.3 is 24.4 Å². The molecule has 5 atom stereocenters. The zero-order valence-electron chi connectivity index (χ0n) is 18.4. The van der Waals surface area contributed by atoms with Gasteiger partial charge in [-0.05, 0) is 46.8 Å². The maximum Gasteiger partial charge on any atom is 0.324 e. The molecule has 2 aliphatic rings. The molecule has 0 aliphatic carbocycles. The number of carbonyl (C=O) groups excluding carboxylic acids is 1. The van der Waals surface area contributed by atoms with Crippen LogP contribution < -0.4 is 0 Å². The van der Waals surface area contributed by atoms with E-state index in [-0.39, 0.29) is 11.5 Å². The second kappa shape index (κ2) is 8.42. The van der Waals surface area contributed by atoms with Crippen molar-refractivity contribution >= 4 is 16.0 Å². The lowest BCUT2D eigenvalue weighted by Crippen LogP contribution is -2.74. The van der Waals surface area contributed by atoms with Crippen LogP contribution in [0.15, 0.2) is 29.2 Å². The number of rotatable bonds is 6. The number of hydrogen-bond donors (Lipinski definition) is 2. The predicted octanol–water partition coefficient (Wildman–Crippen LogP) is 0.811. The van der Waals surface area contributed by atoms with E-state index in [1.165, 1.54) is 19.1 Å². The molecule has 0 saturated carbocycles. The number of sulfonamides is 1. The van der Waals surface area contributed by atoms with E-state index in [0.29, 0.717) is 0 Å². The van der Waals surface area contributed by atoms with Gasteiger partial charge in [0.1, 0.15) is 12.1 Å². The first kappa shape index (κ1) is 24.1. The average molecular weight is 458 g/mol. The van der Waals surface area contributed by atoms with E-state index >= 15 is 0 Å². The normalized spacial score (nSPS) is 33.1. The van der Waals surface area contributed by atoms with E-state index in [2.05, 4.69) is 0 Å². The summed E-state index contributed by atoms with van der Waals surface area (Å²) < 4.78 is 45.8. The number of aryl methyl sites for hydroxylation is 1. The fraction of sp³-hybridized carbons (Fsp3) is 0.667. The molecule has 1 aromatic rings. The van der Waals surface area contributed by atoms with E-state index in [0.717, 1.165) is 9.87 Å². The summed E-state index contributed by atoms with van der Waals surface area (Å²) in [5.74, 6) is -2.86. The van der Waals surface area contributed by atoms with Gasteiger partial charge in [0.15, 0.2) is 5.79 Å². The van der Waals surface area contributed by atoms with Crippen molar-refractivity contribution in [3.63, 3.8) is 0 Å². The molecule has 0 spiro atoms. The molecule has 31 heavy (non-hydrogen) atoms. The Labute approximate surface area is 183 Å². The van der Waals surface area contributed by atoms with Gasteiger partial charge in [0.05, 0.1) is 36.4 Å². The minimum absolute atomic E-state index is 0.0265. The highest BCUT2D eigenvalue weighted by Gasteiger charge is 2.66. The highest BCUT2D eigenvalue weighted by atomic mass is 32.2. The van der Waals surface area contributed by atoms with Crippen LogP contribution in [0.2, 0.25) is 0 Å². The number of carbonyl (C=O) groups is 1. The Hall–Kier alpha value is -1.56. The van der Waals surface area contributed by atoms with E-state index < -0.39 is 64.7 Å². The monoisotopic (exact) mass is 457 g/mol. The zero-order chi connectivity index (χ0) is 23.2. The SMILES string of the molecule is CCOC(=O)[C@H]1[C@H](CO)[C@@H]2OC(C)(C)O[C@@H]2[C@](C)(CO)N1S(=O)(=O)c1ccc(C)cc1. The zero-order valence-corrected chi connectivity index (χ0v) is 19.3. The molecule has 174 valence electrons. The molecule has 0 aromatic heterocycles. The molecule has 1 aromatic carbocycles. The van der Waals surface area contributed by atoms with Gasteiger partial charge in [0, 0.05) is 5.92 Å². The Balaban J connectivity index is 2.24. The van der Waals surface area contributed by atoms with Gasteiger partial charge >= 0.3 is 5.97 Å². The third-order valence-corrected chi connectivity index (χ3v) is 7.99. The van der Waals surface area contributed by atoms with Crippen molar-refractivity contribution in [2.24, 2.45) is 5.92 Å². The topological polar surface area (TPSA) is 123 Å². The van der Waals surface area contributed by atoms with Crippen molar-refractivity contribution in [2.75, 3.05) is 19.8 Å². The highest BCUT2D eigenvalue weighted by molar-refractivity contribution is 7.89. The van der Waals surface area contributed by atoms with E-state index in [9.17, 15) is 23.4 Å². The van der Waals surface area contributed by atoms with Crippen LogP contribution in [-0.4, -0.2) is 78.3 Å². The molecular formula is C21H31NO8S. The Morgan fingerprint density at radius 2 is 1.77 bits per heavy atom. The summed E-state index contributed by atoms with van der Waals surface area (Å²) in [5, 5.41) is 20.6. The van der Waals surface area contributed by atoms with Crippen molar-refractivity contribution in [3.8, 4) is 0 Å². The fourth-order valence-corrected chi connectivity index (χ4v) is 6.45. The van der Waals surface area contributed by atoms with Gasteiger partial charge in [-0.2, -0.15) is 4.31 Å². The van der Waals surface area contributed by atoms with Gasteiger partial charge in [0.25, 0.3) is 0 Å². The summed E-state index contributed by atoms with van der Waals surface area (Å²) in [5.41, 5.74) is -0.683. The highest BCUT2D eigenvalue weighted by Crippen LogP contribution is 2.48. The van der Waals surface area contributed by atoms with Crippen LogP contribution in [0, 0.1) is 12.8 Å². The van der Waals surface area contributed by atoms with Crippen molar-refractivity contribution in [3.05, 3.63) is 29.8 Å². The van der Waals surface area contributed by atoms with Crippen molar-refractivity contribution < 1.29 is 37.6 Å². The lowest BCUT2D eigenvalue weighted by molar-refractivity contribution is -0.167. The number of benzene rings is 1. The molecule has 2 N–H and O–H groups in total. The quantitative estimate of drug-likeness (QED) is 0.602. The van der Waals surface area contributed by atoms with E-state index in [1.807, 2.05) is 6.92 Å². The van der Waals surface area contributed by atoms with Crippen molar-refractivity contribution in [1.82, 2.24) is 4.31 Å². The van der Waals surface area contributed by atoms with Crippen LogP contribution in [0.25, 0.3) is 0 Å². The number of hydrogen-bond acceptors (Lipinski definition) is 8. The number of aliphatic hydroxyl groups is 2. The summed E-state index contributed by atoms with van der Waals surface area (Å²) in [4.78, 5) is 13.0. The third kappa shape index (κ3) is 4.01. The molecule has 0 unspecified atom stereocenters. The second-order valence-electron chi connectivity index (χ2n) is 8.69. The first-order chi connectivity index (χ1) is 14.4. The minimum atomic E-state index is -4.30. The average Bonchev–Trinajstić information content (AvgIpc) is 3.04. The Morgan fingerprint density at radius 1 is 1.16 bits per heavy atom. The summed E-state index contributed by atoms with van der Waals surface area (Å²) in [6.07, 6.45) is -1.74. The lowest BCUT2D eigenvalue weighted by Gasteiger charge is -2.53. The van der Waals surface area contributed by atoms with E-state index in [1.54, 1.807) is 32.9 Å². The number of ether oxygens (including phenoxy) is 3. The van der Waals surface area contributed by atoms with Crippen LogP contribution in [-0.2, 0) is 29.0 Å². The van der Waals surface area contributed by atoms with Crippen LogP contribution >= 0.6 is 0 Å². The van der Waals surface area contributed by atoms with Gasteiger partial charge in [-0.25, -0.2) is 8.42 Å². The number of esters is 1. The molecule has 3 rings (SSSR count). The van der Waals surface area contributed by atoms with Gasteiger partial charge in [-0.1, -0.05) is 17.7 Å². The first-order valence-corrected chi connectivity index (χ1v) is 11.7. The third-order valence-electron chi connectivity index (χ3n) is 5.96. The standard InChI is InChI=1S/C21H31NO8S/c1-6-28-19(25)16-15(11-23)17-18(30-20(3,4)29-17)21(5,12-24)22(16)31(26,27)14-9-7-13(2)8-10-14/h7-10,15-18,23-24H,6,11-12H2,1-5H3/t15-,16+,17-,18-,21-/m0/s1. The summed E-state index contributed by atoms with van der Waals surface area (Å²) in [7, 11) is -4.30. The van der Waals surface area contributed by atoms with Gasteiger partial charge in [-0.3, -0.25) is 4.79 Å². The van der Waals surface area contributed by atoms with Crippen LogP contribution in [0.4, 0.5) is 0 Å². The summed E-state index contributed by atoms with van der Waals surface area (Å²) in [6, 6.07) is 4.78. The Kier molecular flexibility index (Phi) is 6.54. The maximum absolute atomic E-state index is 13.8. The minimum Gasteiger partial charge on any atom is -0.465 e. The molecule has 9 nitrogen and oxygen atoms in total. The Bertz CT molecular complexity index is 916. The predicted molar refractivity (Wildman–Crippen MR) is 111 cm³/mol. The summed E-state index contributed by atoms with van der Waals surface area (Å²) >= 11 is 0. The van der Waals surface area contributed by atoms with Crippen LogP contribution in [0.1, 0.15) is 33.3 Å². The van der Waals surface area contributed by atoms with Crippen molar-refractivity contribution in [2.45, 2.75) is 69.1 Å². The molecular weight excluding hydrogens is 426 g/mol. The van der Waals surface area contributed by atoms with E-state index in [4.69, 9.17) is 14.2 Å². The molecule has 0 bridgehead atoms. The van der Waals surface area contributed by atoms with Crippen molar-refractivity contribution in [1.29, 1.82) is 0 Å². The maximum atomic E-state index is 13.8. The molecule has 0 amide bonds. The smallest absolute Gasteiger partial charge is 0.324 e. The largest absolute Gasteiger partial charge is 0.465 e. The second-order valence-corrected chi connectivity index (χ2v) is 10.5. The summed E-state index contributed by atoms with van der Waals surface area (Å²) in [6.45, 7) is 7.14. The molecule has 0 radical (unpaired) electrons. The lowest BCUT2D eigenvalue weighted by atomic mass is 9.76. The first-order valence-electron chi connectivity index (χ1n) is 10.3. The van der Waals surface area contributed by atoms with Gasteiger partial charge in [-0.15, -0.1) is 0 Å². The molecule has 2 saturated heterocycles. The Morgan fingerprint density at radius 3 is 2.29 bits per heavy atom. The van der Waals surface area contributed by atoms with Crippen LogP contribution in [0.3, 0.4) is 0 Å². The number of piperidine rings is 1. The number of aliphatic hydroxyl groups excluding tert-OH is 2. The molecule has 2 fully saturated rings. The van der Waals surface area contributed by atoms with Crippen LogP contribution in [0.5, 0.6) is 0 Å². The van der Waals surface area contributed by atoms with Gasteiger partial charge in [0.2, 0.25) is 10.0 Å². The molecule has 2 aliphatic heterocycles. The molecule has 2 heterocycles. The fourth-order valence-electron chi connectivity index (χ4n) is 4.49.